The van der Waals surface area contributed by atoms with E-state index in [2.05, 4.69) is 27.7 Å². The highest BCUT2D eigenvalue weighted by Gasteiger charge is 2.29. The molecule has 2 N–H and O–H groups in total. The summed E-state index contributed by atoms with van der Waals surface area (Å²) in [6.45, 7) is 11.9. The van der Waals surface area contributed by atoms with Crippen LogP contribution in [-0.4, -0.2) is 43.2 Å². The predicted octanol–water partition coefficient (Wildman–Crippen LogP) is 3.08. The second-order valence-corrected chi connectivity index (χ2v) is 7.17. The lowest BCUT2D eigenvalue weighted by Crippen LogP contribution is -2.49. The maximum Gasteiger partial charge on any atom is 0.239 e. The van der Waals surface area contributed by atoms with Crippen molar-refractivity contribution in [1.82, 2.24) is 4.90 Å². The molecule has 1 amide bonds. The average Bonchev–Trinajstić information content (AvgIpc) is 2.46. The highest BCUT2D eigenvalue weighted by molar-refractivity contribution is 5.85. The first-order valence-corrected chi connectivity index (χ1v) is 8.54. The fraction of sp³-hybridized carbons (Fsp3) is 0.941. The van der Waals surface area contributed by atoms with Gasteiger partial charge in [-0.05, 0) is 43.4 Å². The Labute approximate surface area is 142 Å². The van der Waals surface area contributed by atoms with Crippen LogP contribution in [0, 0.1) is 17.8 Å². The lowest BCUT2D eigenvalue weighted by molar-refractivity contribution is -0.135. The molecule has 1 fully saturated rings. The molecule has 0 aliphatic carbocycles. The molecule has 4 nitrogen and oxygen atoms in total. The Hall–Kier alpha value is -0.320. The fourth-order valence-electron chi connectivity index (χ4n) is 2.65. The average molecular weight is 335 g/mol. The predicted molar refractivity (Wildman–Crippen MR) is 94.3 cm³/mol. The molecule has 1 aliphatic heterocycles. The minimum absolute atomic E-state index is 0. The van der Waals surface area contributed by atoms with Crippen molar-refractivity contribution in [1.29, 1.82) is 0 Å². The van der Waals surface area contributed by atoms with Crippen LogP contribution in [0.1, 0.15) is 53.4 Å². The van der Waals surface area contributed by atoms with Crippen LogP contribution in [0.2, 0.25) is 0 Å². The van der Waals surface area contributed by atoms with E-state index in [1.165, 1.54) is 0 Å². The van der Waals surface area contributed by atoms with Gasteiger partial charge in [0.1, 0.15) is 0 Å². The second-order valence-electron chi connectivity index (χ2n) is 7.17. The molecular formula is C17H35ClN2O2. The van der Waals surface area contributed by atoms with Gasteiger partial charge in [-0.25, -0.2) is 0 Å². The first-order chi connectivity index (χ1) is 9.91. The largest absolute Gasteiger partial charge is 0.381 e. The van der Waals surface area contributed by atoms with E-state index in [-0.39, 0.29) is 30.3 Å². The zero-order valence-corrected chi connectivity index (χ0v) is 15.5. The zero-order chi connectivity index (χ0) is 15.8. The minimum Gasteiger partial charge on any atom is -0.381 e. The minimum atomic E-state index is -0.353. The van der Waals surface area contributed by atoms with Crippen LogP contribution in [0.25, 0.3) is 0 Å². The lowest BCUT2D eigenvalue weighted by atomic mass is 9.91. The number of hydrogen-bond donors (Lipinski definition) is 1. The SMILES string of the molecule is CC(C)CCN(CCC(C)C)C(=O)C(N)C1CCOCC1.Cl. The van der Waals surface area contributed by atoms with Crippen molar-refractivity contribution in [2.75, 3.05) is 26.3 Å². The smallest absolute Gasteiger partial charge is 0.239 e. The van der Waals surface area contributed by atoms with Gasteiger partial charge in [0.2, 0.25) is 5.91 Å². The van der Waals surface area contributed by atoms with Crippen molar-refractivity contribution < 1.29 is 9.53 Å². The van der Waals surface area contributed by atoms with Gasteiger partial charge in [-0.2, -0.15) is 0 Å². The third-order valence-electron chi connectivity index (χ3n) is 4.32. The van der Waals surface area contributed by atoms with Crippen LogP contribution in [-0.2, 0) is 9.53 Å². The number of amides is 1. The van der Waals surface area contributed by atoms with E-state index in [1.54, 1.807) is 0 Å². The number of halogens is 1. The summed E-state index contributed by atoms with van der Waals surface area (Å²) < 4.78 is 5.37. The molecule has 0 bridgehead atoms. The molecule has 1 unspecified atom stereocenters. The van der Waals surface area contributed by atoms with Gasteiger partial charge in [-0.3, -0.25) is 4.79 Å². The van der Waals surface area contributed by atoms with Crippen LogP contribution in [0.4, 0.5) is 0 Å². The number of rotatable bonds is 8. The summed E-state index contributed by atoms with van der Waals surface area (Å²) in [5.41, 5.74) is 6.26. The van der Waals surface area contributed by atoms with E-state index in [9.17, 15) is 4.79 Å². The van der Waals surface area contributed by atoms with Gasteiger partial charge < -0.3 is 15.4 Å². The Kier molecular flexibility index (Phi) is 11.1. The molecule has 1 aliphatic rings. The Morgan fingerprint density at radius 2 is 1.55 bits per heavy atom. The highest BCUT2D eigenvalue weighted by atomic mass is 35.5. The van der Waals surface area contributed by atoms with Gasteiger partial charge in [-0.15, -0.1) is 12.4 Å². The molecule has 0 saturated carbocycles. The molecule has 22 heavy (non-hydrogen) atoms. The molecule has 5 heteroatoms. The molecule has 1 atom stereocenters. The standard InChI is InChI=1S/C17H34N2O2.ClH/c1-13(2)5-9-19(10-6-14(3)4)17(20)16(18)15-7-11-21-12-8-15;/h13-16H,5-12,18H2,1-4H3;1H. The monoisotopic (exact) mass is 334 g/mol. The maximum absolute atomic E-state index is 12.7. The van der Waals surface area contributed by atoms with Crippen molar-refractivity contribution in [2.45, 2.75) is 59.4 Å². The molecular weight excluding hydrogens is 300 g/mol. The van der Waals surface area contributed by atoms with Crippen LogP contribution in [0.15, 0.2) is 0 Å². The summed E-state index contributed by atoms with van der Waals surface area (Å²) in [6.07, 6.45) is 3.92. The molecule has 0 aromatic heterocycles. The van der Waals surface area contributed by atoms with E-state index < -0.39 is 0 Å². The molecule has 0 spiro atoms. The van der Waals surface area contributed by atoms with Gasteiger partial charge in [0.05, 0.1) is 6.04 Å². The van der Waals surface area contributed by atoms with Gasteiger partial charge in [0, 0.05) is 26.3 Å². The topological polar surface area (TPSA) is 55.6 Å². The number of nitrogens with zero attached hydrogens (tertiary/aromatic N) is 1. The van der Waals surface area contributed by atoms with Gasteiger partial charge >= 0.3 is 0 Å². The third kappa shape index (κ3) is 7.80. The summed E-state index contributed by atoms with van der Waals surface area (Å²) in [4.78, 5) is 14.7. The van der Waals surface area contributed by atoms with Gasteiger partial charge in [0.15, 0.2) is 0 Å². The Morgan fingerprint density at radius 3 is 1.95 bits per heavy atom. The number of ether oxygens (including phenoxy) is 1. The Balaban J connectivity index is 0.00000441. The summed E-state index contributed by atoms with van der Waals surface area (Å²) in [5, 5.41) is 0. The summed E-state index contributed by atoms with van der Waals surface area (Å²) in [5.74, 6) is 1.65. The van der Waals surface area contributed by atoms with Crippen LogP contribution >= 0.6 is 12.4 Å². The van der Waals surface area contributed by atoms with Crippen LogP contribution in [0.5, 0.6) is 0 Å². The fourth-order valence-corrected chi connectivity index (χ4v) is 2.65. The highest BCUT2D eigenvalue weighted by Crippen LogP contribution is 2.19. The summed E-state index contributed by atoms with van der Waals surface area (Å²) in [7, 11) is 0. The second kappa shape index (κ2) is 11.3. The maximum atomic E-state index is 12.7. The van der Waals surface area contributed by atoms with Crippen molar-refractivity contribution in [3.05, 3.63) is 0 Å². The quantitative estimate of drug-likeness (QED) is 0.742. The number of carbonyl (C=O) groups excluding carboxylic acids is 1. The lowest BCUT2D eigenvalue weighted by Gasteiger charge is -2.32. The van der Waals surface area contributed by atoms with E-state index in [0.717, 1.165) is 52.0 Å². The van der Waals surface area contributed by atoms with Gasteiger partial charge in [-0.1, -0.05) is 27.7 Å². The molecule has 1 heterocycles. The summed E-state index contributed by atoms with van der Waals surface area (Å²) in [6, 6.07) is -0.353. The van der Waals surface area contributed by atoms with Crippen molar-refractivity contribution in [2.24, 2.45) is 23.5 Å². The molecule has 0 aromatic rings. The summed E-state index contributed by atoms with van der Waals surface area (Å²) >= 11 is 0. The van der Waals surface area contributed by atoms with Gasteiger partial charge in [0.25, 0.3) is 0 Å². The molecule has 0 radical (unpaired) electrons. The molecule has 1 saturated heterocycles. The number of nitrogens with two attached hydrogens (primary N) is 1. The first-order valence-electron chi connectivity index (χ1n) is 8.54. The van der Waals surface area contributed by atoms with Crippen LogP contribution < -0.4 is 5.73 Å². The van der Waals surface area contributed by atoms with Crippen molar-refractivity contribution in [3.8, 4) is 0 Å². The normalized spacial score (nSPS) is 17.4. The van der Waals surface area contributed by atoms with Crippen molar-refractivity contribution in [3.63, 3.8) is 0 Å². The van der Waals surface area contributed by atoms with E-state index in [1.807, 2.05) is 4.90 Å². The number of hydrogen-bond acceptors (Lipinski definition) is 3. The number of carbonyl (C=O) groups is 1. The van der Waals surface area contributed by atoms with E-state index in [0.29, 0.717) is 11.8 Å². The van der Waals surface area contributed by atoms with E-state index >= 15 is 0 Å². The molecule has 1 rings (SSSR count). The Bertz CT molecular complexity index is 293. The first kappa shape index (κ1) is 21.7. The van der Waals surface area contributed by atoms with Crippen molar-refractivity contribution >= 4 is 18.3 Å². The van der Waals surface area contributed by atoms with E-state index in [4.69, 9.17) is 10.5 Å². The Morgan fingerprint density at radius 1 is 1.09 bits per heavy atom. The molecule has 0 aromatic carbocycles. The zero-order valence-electron chi connectivity index (χ0n) is 14.7. The van der Waals surface area contributed by atoms with Crippen LogP contribution in [0.3, 0.4) is 0 Å². The third-order valence-corrected chi connectivity index (χ3v) is 4.32. The molecule has 132 valence electrons.